The average Bonchev–Trinajstić information content (AvgIpc) is 3.22. The number of hydrogen-bond acceptors (Lipinski definition) is 4. The smallest absolute Gasteiger partial charge is 0.244 e. The van der Waals surface area contributed by atoms with Crippen molar-refractivity contribution in [2.75, 3.05) is 13.2 Å². The van der Waals surface area contributed by atoms with Gasteiger partial charge in [-0.2, -0.15) is 5.26 Å². The van der Waals surface area contributed by atoms with E-state index in [4.69, 9.17) is 9.72 Å². The maximum Gasteiger partial charge on any atom is 0.244 e. The van der Waals surface area contributed by atoms with E-state index in [1.165, 1.54) is 6.08 Å². The second kappa shape index (κ2) is 10.8. The molecule has 4 aromatic rings. The number of rotatable bonds is 6. The number of aryl methyl sites for hydroxylation is 2. The molecule has 0 radical (unpaired) electrons. The number of fused-ring (bicyclic) bond motifs is 1. The zero-order valence-corrected chi connectivity index (χ0v) is 21.1. The largest absolute Gasteiger partial charge is 0.381 e. The van der Waals surface area contributed by atoms with Gasteiger partial charge in [-0.15, -0.1) is 0 Å². The molecule has 0 spiro atoms. The highest BCUT2D eigenvalue weighted by Crippen LogP contribution is 2.37. The van der Waals surface area contributed by atoms with Gasteiger partial charge in [0, 0.05) is 36.4 Å². The maximum absolute atomic E-state index is 12.9. The van der Waals surface area contributed by atoms with E-state index in [0.29, 0.717) is 24.5 Å². The van der Waals surface area contributed by atoms with Crippen LogP contribution >= 0.6 is 0 Å². The quantitative estimate of drug-likeness (QED) is 0.364. The molecule has 1 N–H and O–H groups in total. The van der Waals surface area contributed by atoms with Gasteiger partial charge >= 0.3 is 0 Å². The van der Waals surface area contributed by atoms with Gasteiger partial charge < -0.3 is 14.6 Å². The van der Waals surface area contributed by atoms with Crippen LogP contribution in [0.15, 0.2) is 72.8 Å². The molecule has 1 amide bonds. The van der Waals surface area contributed by atoms with Crippen LogP contribution in [0, 0.1) is 25.2 Å². The number of nitrogens with one attached hydrogen (secondary N) is 1. The summed E-state index contributed by atoms with van der Waals surface area (Å²) in [5, 5.41) is 14.2. The molecule has 1 aliphatic rings. The fourth-order valence-electron chi connectivity index (χ4n) is 5.21. The standard InChI is InChI=1S/C31H30N4O2/c1-21-19-22(2)33-31-29(21)26(20-32)27(13-14-28(36)34-25-15-17-37-18-16-25)35(31)30(23-9-5-3-6-10-23)24-11-7-4-8-12-24/h3-14,19,25,30H,15-18H2,1-2H3,(H,34,36). The second-order valence-corrected chi connectivity index (χ2v) is 9.47. The minimum Gasteiger partial charge on any atom is -0.381 e. The van der Waals surface area contributed by atoms with Gasteiger partial charge in [-0.05, 0) is 55.5 Å². The lowest BCUT2D eigenvalue weighted by atomic mass is 9.98. The van der Waals surface area contributed by atoms with Gasteiger partial charge in [-0.25, -0.2) is 4.98 Å². The Bertz CT molecular complexity index is 1440. The molecule has 0 atom stereocenters. The average molecular weight is 491 g/mol. The third-order valence-electron chi connectivity index (χ3n) is 6.88. The van der Waals surface area contributed by atoms with E-state index in [-0.39, 0.29) is 18.0 Å². The van der Waals surface area contributed by atoms with Crippen molar-refractivity contribution in [3.05, 3.63) is 106 Å². The van der Waals surface area contributed by atoms with Crippen molar-refractivity contribution in [3.63, 3.8) is 0 Å². The zero-order valence-electron chi connectivity index (χ0n) is 21.1. The number of hydrogen-bond donors (Lipinski definition) is 1. The Hall–Kier alpha value is -4.21. The summed E-state index contributed by atoms with van der Waals surface area (Å²) in [7, 11) is 0. The fourth-order valence-corrected chi connectivity index (χ4v) is 5.21. The molecule has 1 fully saturated rings. The third-order valence-corrected chi connectivity index (χ3v) is 6.88. The normalized spacial score (nSPS) is 14.3. The molecular weight excluding hydrogens is 460 g/mol. The maximum atomic E-state index is 12.9. The molecule has 186 valence electrons. The summed E-state index contributed by atoms with van der Waals surface area (Å²) in [5.41, 5.74) is 5.91. The number of carbonyl (C=O) groups excluding carboxylic acids is 1. The molecule has 1 saturated heterocycles. The second-order valence-electron chi connectivity index (χ2n) is 9.47. The predicted molar refractivity (Wildman–Crippen MR) is 145 cm³/mol. The summed E-state index contributed by atoms with van der Waals surface area (Å²) < 4.78 is 7.51. The first-order valence-electron chi connectivity index (χ1n) is 12.6. The zero-order chi connectivity index (χ0) is 25.8. The predicted octanol–water partition coefficient (Wildman–Crippen LogP) is 5.47. The van der Waals surface area contributed by atoms with Crippen molar-refractivity contribution in [1.29, 1.82) is 5.26 Å². The molecule has 5 rings (SSSR count). The lowest BCUT2D eigenvalue weighted by molar-refractivity contribution is -0.117. The molecule has 37 heavy (non-hydrogen) atoms. The van der Waals surface area contributed by atoms with E-state index < -0.39 is 0 Å². The Balaban J connectivity index is 1.71. The van der Waals surface area contributed by atoms with Crippen LogP contribution in [-0.2, 0) is 9.53 Å². The van der Waals surface area contributed by atoms with Gasteiger partial charge in [0.05, 0.1) is 17.3 Å². The molecule has 3 heterocycles. The van der Waals surface area contributed by atoms with Gasteiger partial charge in [-0.1, -0.05) is 60.7 Å². The summed E-state index contributed by atoms with van der Waals surface area (Å²) in [5.74, 6) is -0.176. The summed E-state index contributed by atoms with van der Waals surface area (Å²) in [6.07, 6.45) is 4.91. The lowest BCUT2D eigenvalue weighted by Gasteiger charge is -2.23. The molecular formula is C31H30N4O2. The first-order chi connectivity index (χ1) is 18.1. The first kappa shape index (κ1) is 24.5. The first-order valence-corrected chi connectivity index (χ1v) is 12.6. The molecule has 2 aromatic carbocycles. The Morgan fingerprint density at radius 3 is 2.30 bits per heavy atom. The van der Waals surface area contributed by atoms with Gasteiger partial charge in [-0.3, -0.25) is 4.79 Å². The molecule has 0 saturated carbocycles. The van der Waals surface area contributed by atoms with Crippen molar-refractivity contribution in [2.24, 2.45) is 0 Å². The number of carbonyl (C=O) groups is 1. The van der Waals surface area contributed by atoms with E-state index >= 15 is 0 Å². The Kier molecular flexibility index (Phi) is 7.16. The molecule has 0 aliphatic carbocycles. The third kappa shape index (κ3) is 5.04. The van der Waals surface area contributed by atoms with E-state index in [9.17, 15) is 10.1 Å². The van der Waals surface area contributed by atoms with E-state index in [1.807, 2.05) is 56.3 Å². The summed E-state index contributed by atoms with van der Waals surface area (Å²) in [6.45, 7) is 5.28. The van der Waals surface area contributed by atoms with Gasteiger partial charge in [0.1, 0.15) is 11.7 Å². The minimum atomic E-state index is -0.237. The summed E-state index contributed by atoms with van der Waals surface area (Å²) >= 11 is 0. The molecule has 6 heteroatoms. The van der Waals surface area contributed by atoms with Crippen LogP contribution in [0.2, 0.25) is 0 Å². The van der Waals surface area contributed by atoms with Crippen molar-refractivity contribution in [1.82, 2.24) is 14.9 Å². The summed E-state index contributed by atoms with van der Waals surface area (Å²) in [6, 6.07) is 24.7. The van der Waals surface area contributed by atoms with Gasteiger partial charge in [0.25, 0.3) is 0 Å². The fraction of sp³-hybridized carbons (Fsp3) is 0.258. The number of benzene rings is 2. The Morgan fingerprint density at radius 1 is 1.08 bits per heavy atom. The van der Waals surface area contributed by atoms with Crippen molar-refractivity contribution < 1.29 is 9.53 Å². The van der Waals surface area contributed by atoms with Gasteiger partial charge in [0.2, 0.25) is 5.91 Å². The van der Waals surface area contributed by atoms with Crippen LogP contribution in [0.5, 0.6) is 0 Å². The molecule has 0 unspecified atom stereocenters. The van der Waals surface area contributed by atoms with Crippen LogP contribution in [0.25, 0.3) is 17.1 Å². The molecule has 1 aliphatic heterocycles. The number of pyridine rings is 1. The SMILES string of the molecule is Cc1cc(C)c2c(C#N)c(C=CC(=O)NC3CCOCC3)n(C(c3ccccc3)c3ccccc3)c2n1. The monoisotopic (exact) mass is 490 g/mol. The highest BCUT2D eigenvalue weighted by Gasteiger charge is 2.26. The van der Waals surface area contributed by atoms with E-state index in [2.05, 4.69) is 40.2 Å². The van der Waals surface area contributed by atoms with Crippen LogP contribution in [0.1, 0.15) is 52.5 Å². The van der Waals surface area contributed by atoms with Crippen molar-refractivity contribution >= 4 is 23.0 Å². The Labute approximate surface area is 217 Å². The van der Waals surface area contributed by atoms with Crippen molar-refractivity contribution in [2.45, 2.75) is 38.8 Å². The molecule has 0 bridgehead atoms. The van der Waals surface area contributed by atoms with E-state index in [1.54, 1.807) is 6.08 Å². The Morgan fingerprint density at radius 2 is 1.70 bits per heavy atom. The number of nitrogens with zero attached hydrogens (tertiary/aromatic N) is 3. The minimum absolute atomic E-state index is 0.0974. The topological polar surface area (TPSA) is 79.9 Å². The van der Waals surface area contributed by atoms with Crippen LogP contribution in [0.3, 0.4) is 0 Å². The molecule has 2 aromatic heterocycles. The number of amides is 1. The number of aromatic nitrogens is 2. The van der Waals surface area contributed by atoms with Crippen molar-refractivity contribution in [3.8, 4) is 6.07 Å². The van der Waals surface area contributed by atoms with Gasteiger partial charge in [0.15, 0.2) is 0 Å². The molecule has 6 nitrogen and oxygen atoms in total. The number of nitriles is 1. The highest BCUT2D eigenvalue weighted by molar-refractivity contribution is 5.96. The lowest BCUT2D eigenvalue weighted by Crippen LogP contribution is -2.38. The van der Waals surface area contributed by atoms with Crippen LogP contribution < -0.4 is 5.32 Å². The highest BCUT2D eigenvalue weighted by atomic mass is 16.5. The van der Waals surface area contributed by atoms with Crippen LogP contribution in [0.4, 0.5) is 0 Å². The number of ether oxygens (including phenoxy) is 1. The van der Waals surface area contributed by atoms with Crippen LogP contribution in [-0.4, -0.2) is 34.7 Å². The summed E-state index contributed by atoms with van der Waals surface area (Å²) in [4.78, 5) is 17.8. The van der Waals surface area contributed by atoms with E-state index in [0.717, 1.165) is 46.3 Å².